The van der Waals surface area contributed by atoms with Crippen LogP contribution in [0.3, 0.4) is 0 Å². The average molecular weight is 227 g/mol. The van der Waals surface area contributed by atoms with Crippen LogP contribution in [0.1, 0.15) is 0 Å². The molecule has 0 aromatic rings. The molecular weight excluding hydrogens is 218 g/mol. The SMILES string of the molecule is N#CC1=C[C@@H]2[C@H]3C=C[C@H]([C@H]12)[C@H]1C(=O)OC(=O)[C@H]31. The Labute approximate surface area is 97.5 Å². The fourth-order valence-electron chi connectivity index (χ4n) is 3.97. The number of carbonyl (C=O) groups excluding carboxylic acids is 2. The molecule has 0 radical (unpaired) electrons. The Balaban J connectivity index is 1.84. The normalized spacial score (nSPS) is 48.8. The second-order valence-corrected chi connectivity index (χ2v) is 5.17. The highest BCUT2D eigenvalue weighted by molar-refractivity contribution is 5.98. The van der Waals surface area contributed by atoms with Crippen molar-refractivity contribution in [2.45, 2.75) is 0 Å². The number of rotatable bonds is 0. The molecule has 1 aliphatic heterocycles. The van der Waals surface area contributed by atoms with E-state index >= 15 is 0 Å². The van der Waals surface area contributed by atoms with E-state index in [9.17, 15) is 9.59 Å². The van der Waals surface area contributed by atoms with Crippen molar-refractivity contribution in [1.82, 2.24) is 0 Å². The third kappa shape index (κ3) is 0.858. The molecule has 2 bridgehead atoms. The number of esters is 2. The predicted octanol–water partition coefficient (Wildman–Crippen LogP) is 0.814. The summed E-state index contributed by atoms with van der Waals surface area (Å²) >= 11 is 0. The van der Waals surface area contributed by atoms with Gasteiger partial charge in [0.05, 0.1) is 17.9 Å². The molecular formula is C13H9NO3. The zero-order valence-corrected chi connectivity index (χ0v) is 8.87. The number of ether oxygens (including phenoxy) is 1. The maximum Gasteiger partial charge on any atom is 0.318 e. The molecule has 0 unspecified atom stereocenters. The Morgan fingerprint density at radius 1 is 1.00 bits per heavy atom. The molecule has 84 valence electrons. The lowest BCUT2D eigenvalue weighted by molar-refractivity contribution is -0.154. The summed E-state index contributed by atoms with van der Waals surface area (Å²) in [6.45, 7) is 0. The Kier molecular flexibility index (Phi) is 1.44. The van der Waals surface area contributed by atoms with Crippen molar-refractivity contribution in [3.63, 3.8) is 0 Å². The number of carbonyl (C=O) groups is 2. The summed E-state index contributed by atoms with van der Waals surface area (Å²) in [5, 5.41) is 8.99. The van der Waals surface area contributed by atoms with Crippen LogP contribution in [-0.4, -0.2) is 11.9 Å². The maximum atomic E-state index is 11.7. The van der Waals surface area contributed by atoms with Gasteiger partial charge in [-0.3, -0.25) is 9.59 Å². The number of cyclic esters (lactones) is 2. The minimum absolute atomic E-state index is 0.0198. The molecule has 4 heteroatoms. The third-order valence-electron chi connectivity index (χ3n) is 4.65. The van der Waals surface area contributed by atoms with Gasteiger partial charge in [-0.15, -0.1) is 0 Å². The first-order chi connectivity index (χ1) is 8.22. The molecule has 6 atom stereocenters. The smallest absolute Gasteiger partial charge is 0.318 e. The number of nitriles is 1. The van der Waals surface area contributed by atoms with Crippen molar-refractivity contribution < 1.29 is 14.3 Å². The first-order valence-electron chi connectivity index (χ1n) is 5.78. The van der Waals surface area contributed by atoms with Gasteiger partial charge in [0.15, 0.2) is 0 Å². The van der Waals surface area contributed by atoms with Crippen LogP contribution in [0.5, 0.6) is 0 Å². The topological polar surface area (TPSA) is 67.2 Å². The molecule has 0 amide bonds. The molecule has 4 nitrogen and oxygen atoms in total. The molecule has 1 saturated carbocycles. The van der Waals surface area contributed by atoms with E-state index in [0.717, 1.165) is 5.57 Å². The van der Waals surface area contributed by atoms with Gasteiger partial charge in [0, 0.05) is 11.5 Å². The minimum Gasteiger partial charge on any atom is -0.393 e. The van der Waals surface area contributed by atoms with E-state index in [-0.39, 0.29) is 41.5 Å². The lowest BCUT2D eigenvalue weighted by atomic mass is 9.48. The van der Waals surface area contributed by atoms with Crippen LogP contribution in [0.15, 0.2) is 23.8 Å². The molecule has 5 rings (SSSR count). The summed E-state index contributed by atoms with van der Waals surface area (Å²) in [7, 11) is 0. The number of allylic oxidation sites excluding steroid dienone is 4. The molecule has 0 N–H and O–H groups in total. The first kappa shape index (κ1) is 9.17. The van der Waals surface area contributed by atoms with Crippen molar-refractivity contribution in [3.05, 3.63) is 23.8 Å². The van der Waals surface area contributed by atoms with Crippen molar-refractivity contribution in [1.29, 1.82) is 5.26 Å². The van der Waals surface area contributed by atoms with Crippen molar-refractivity contribution in [3.8, 4) is 6.07 Å². The highest BCUT2D eigenvalue weighted by Crippen LogP contribution is 2.60. The molecule has 1 saturated heterocycles. The molecule has 0 spiro atoms. The lowest BCUT2D eigenvalue weighted by Gasteiger charge is -2.52. The van der Waals surface area contributed by atoms with E-state index in [1.807, 2.05) is 18.2 Å². The molecule has 2 fully saturated rings. The molecule has 4 aliphatic carbocycles. The highest BCUT2D eigenvalue weighted by Gasteiger charge is 2.63. The molecule has 0 aromatic heterocycles. The van der Waals surface area contributed by atoms with Crippen molar-refractivity contribution >= 4 is 11.9 Å². The van der Waals surface area contributed by atoms with Gasteiger partial charge in [-0.2, -0.15) is 5.26 Å². The third-order valence-corrected chi connectivity index (χ3v) is 4.65. The van der Waals surface area contributed by atoms with E-state index in [0.29, 0.717) is 0 Å². The fourth-order valence-corrected chi connectivity index (χ4v) is 3.97. The largest absolute Gasteiger partial charge is 0.393 e. The van der Waals surface area contributed by atoms with Gasteiger partial charge in [-0.05, 0) is 17.8 Å². The van der Waals surface area contributed by atoms with Gasteiger partial charge in [0.25, 0.3) is 0 Å². The fraction of sp³-hybridized carbons (Fsp3) is 0.462. The maximum absolute atomic E-state index is 11.7. The van der Waals surface area contributed by atoms with Crippen LogP contribution in [0.2, 0.25) is 0 Å². The Morgan fingerprint density at radius 2 is 1.65 bits per heavy atom. The quantitative estimate of drug-likeness (QED) is 0.349. The first-order valence-corrected chi connectivity index (χ1v) is 5.78. The Hall–Kier alpha value is -1.89. The molecule has 0 aromatic carbocycles. The number of hydrogen-bond acceptors (Lipinski definition) is 4. The zero-order valence-electron chi connectivity index (χ0n) is 8.87. The van der Waals surface area contributed by atoms with E-state index in [1.165, 1.54) is 0 Å². The summed E-state index contributed by atoms with van der Waals surface area (Å²) < 4.78 is 4.76. The second kappa shape index (κ2) is 2.67. The lowest BCUT2D eigenvalue weighted by Crippen LogP contribution is -2.52. The van der Waals surface area contributed by atoms with E-state index in [1.54, 1.807) is 0 Å². The van der Waals surface area contributed by atoms with Crippen LogP contribution in [0.25, 0.3) is 0 Å². The highest BCUT2D eigenvalue weighted by atomic mass is 16.6. The summed E-state index contributed by atoms with van der Waals surface area (Å²) in [5.41, 5.74) is 0.764. The summed E-state index contributed by atoms with van der Waals surface area (Å²) in [4.78, 5) is 23.4. The summed E-state index contributed by atoms with van der Waals surface area (Å²) in [6, 6.07) is 2.18. The van der Waals surface area contributed by atoms with Gasteiger partial charge >= 0.3 is 11.9 Å². The van der Waals surface area contributed by atoms with Crippen LogP contribution in [0, 0.1) is 46.8 Å². The van der Waals surface area contributed by atoms with Crippen LogP contribution in [-0.2, 0) is 14.3 Å². The number of nitrogens with zero attached hydrogens (tertiary/aromatic N) is 1. The standard InChI is InChI=1S/C13H9NO3/c14-4-5-3-8-6-1-2-7(9(5)8)11-10(6)12(15)17-13(11)16/h1-3,6-11H/t6-,7-,8-,9+,10-,11-/m1/s1. The Morgan fingerprint density at radius 3 is 2.35 bits per heavy atom. The molecule has 5 aliphatic rings. The van der Waals surface area contributed by atoms with Crippen LogP contribution < -0.4 is 0 Å². The summed E-state index contributed by atoms with van der Waals surface area (Å²) in [6.07, 6.45) is 5.97. The van der Waals surface area contributed by atoms with Gasteiger partial charge in [0.1, 0.15) is 0 Å². The van der Waals surface area contributed by atoms with Gasteiger partial charge in [-0.1, -0.05) is 18.2 Å². The number of hydrogen-bond donors (Lipinski definition) is 0. The van der Waals surface area contributed by atoms with Gasteiger partial charge < -0.3 is 4.74 Å². The Bertz CT molecular complexity index is 554. The monoisotopic (exact) mass is 227 g/mol. The van der Waals surface area contributed by atoms with Gasteiger partial charge in [0.2, 0.25) is 0 Å². The van der Waals surface area contributed by atoms with Crippen molar-refractivity contribution in [2.75, 3.05) is 0 Å². The summed E-state index contributed by atoms with van der Waals surface area (Å²) in [5.74, 6) is -1.03. The van der Waals surface area contributed by atoms with Crippen LogP contribution >= 0.6 is 0 Å². The zero-order chi connectivity index (χ0) is 11.7. The van der Waals surface area contributed by atoms with E-state index < -0.39 is 5.97 Å². The van der Waals surface area contributed by atoms with E-state index in [2.05, 4.69) is 6.07 Å². The minimum atomic E-state index is -0.401. The van der Waals surface area contributed by atoms with E-state index in [4.69, 9.17) is 10.00 Å². The van der Waals surface area contributed by atoms with Crippen molar-refractivity contribution in [2.24, 2.45) is 35.5 Å². The van der Waals surface area contributed by atoms with Gasteiger partial charge in [-0.25, -0.2) is 0 Å². The molecule has 17 heavy (non-hydrogen) atoms. The second-order valence-electron chi connectivity index (χ2n) is 5.17. The van der Waals surface area contributed by atoms with Crippen LogP contribution in [0.4, 0.5) is 0 Å². The average Bonchev–Trinajstić information content (AvgIpc) is 2.57. The predicted molar refractivity (Wildman–Crippen MR) is 54.9 cm³/mol. The molecule has 1 heterocycles.